The van der Waals surface area contributed by atoms with Crippen LogP contribution in [0.3, 0.4) is 0 Å². The van der Waals surface area contributed by atoms with Gasteiger partial charge in [0.2, 0.25) is 5.91 Å². The van der Waals surface area contributed by atoms with Gasteiger partial charge in [0.05, 0.1) is 24.6 Å². The van der Waals surface area contributed by atoms with Crippen molar-refractivity contribution < 1.29 is 9.53 Å². The van der Waals surface area contributed by atoms with E-state index in [9.17, 15) is 9.59 Å². The minimum Gasteiger partial charge on any atom is -0.497 e. The monoisotopic (exact) mass is 392 g/mol. The first kappa shape index (κ1) is 19.1. The Morgan fingerprint density at radius 2 is 1.90 bits per heavy atom. The lowest BCUT2D eigenvalue weighted by molar-refractivity contribution is -0.118. The molecule has 0 unspecified atom stereocenters. The molecule has 1 fully saturated rings. The minimum absolute atomic E-state index is 0.174. The van der Waals surface area contributed by atoms with Crippen LogP contribution in [0, 0.1) is 0 Å². The van der Waals surface area contributed by atoms with E-state index in [1.54, 1.807) is 19.2 Å². The summed E-state index contributed by atoms with van der Waals surface area (Å²) in [5, 5.41) is 0.491. The molecule has 2 N–H and O–H groups in total. The summed E-state index contributed by atoms with van der Waals surface area (Å²) >= 11 is 0. The van der Waals surface area contributed by atoms with Gasteiger partial charge in [-0.15, -0.1) is 0 Å². The number of nitrogens with zero attached hydrogens (tertiary/aromatic N) is 3. The Morgan fingerprint density at radius 3 is 2.55 bits per heavy atom. The highest BCUT2D eigenvalue weighted by Gasteiger charge is 2.30. The molecule has 0 aliphatic heterocycles. The second-order valence-electron chi connectivity index (χ2n) is 7.39. The molecule has 7 nitrogen and oxygen atoms in total. The fraction of sp³-hybridized carbons (Fsp3) is 0.318. The molecule has 150 valence electrons. The van der Waals surface area contributed by atoms with Crippen LogP contribution < -0.4 is 16.0 Å². The van der Waals surface area contributed by atoms with E-state index in [4.69, 9.17) is 15.5 Å². The van der Waals surface area contributed by atoms with Gasteiger partial charge in [0, 0.05) is 12.6 Å². The van der Waals surface area contributed by atoms with E-state index in [1.807, 2.05) is 36.4 Å². The molecule has 29 heavy (non-hydrogen) atoms. The number of carbonyl (C=O) groups excluding carboxylic acids is 1. The molecule has 3 aromatic rings. The summed E-state index contributed by atoms with van der Waals surface area (Å²) in [6.45, 7) is 1.03. The fourth-order valence-electron chi connectivity index (χ4n) is 3.55. The zero-order chi connectivity index (χ0) is 20.4. The van der Waals surface area contributed by atoms with Crippen LogP contribution in [-0.4, -0.2) is 33.5 Å². The molecule has 2 aromatic carbocycles. The summed E-state index contributed by atoms with van der Waals surface area (Å²) in [4.78, 5) is 31.6. The third-order valence-electron chi connectivity index (χ3n) is 5.21. The number of primary amides is 1. The molecule has 1 heterocycles. The number of rotatable bonds is 8. The molecule has 1 amide bonds. The lowest BCUT2D eigenvalue weighted by Crippen LogP contribution is -2.35. The number of hydrogen-bond donors (Lipinski definition) is 1. The Labute approximate surface area is 168 Å². The van der Waals surface area contributed by atoms with Gasteiger partial charge in [0.15, 0.2) is 0 Å². The molecule has 1 aliphatic rings. The Morgan fingerprint density at radius 1 is 1.17 bits per heavy atom. The number of ether oxygens (including phenoxy) is 1. The lowest BCUT2D eigenvalue weighted by Gasteiger charge is -2.23. The highest BCUT2D eigenvalue weighted by molar-refractivity contribution is 5.78. The number of nitrogens with two attached hydrogens (primary N) is 1. The first-order valence-corrected chi connectivity index (χ1v) is 9.69. The molecule has 0 saturated heterocycles. The molecule has 0 spiro atoms. The zero-order valence-electron chi connectivity index (χ0n) is 16.4. The van der Waals surface area contributed by atoms with Crippen LogP contribution >= 0.6 is 0 Å². The van der Waals surface area contributed by atoms with Gasteiger partial charge in [-0.1, -0.05) is 24.3 Å². The molecule has 0 bridgehead atoms. The van der Waals surface area contributed by atoms with Crippen molar-refractivity contribution in [1.29, 1.82) is 0 Å². The van der Waals surface area contributed by atoms with Crippen LogP contribution in [0.1, 0.15) is 24.2 Å². The van der Waals surface area contributed by atoms with Gasteiger partial charge in [-0.2, -0.15) is 0 Å². The maximum atomic E-state index is 13.0. The number of hydrogen-bond acceptors (Lipinski definition) is 5. The highest BCUT2D eigenvalue weighted by atomic mass is 16.5. The largest absolute Gasteiger partial charge is 0.497 e. The van der Waals surface area contributed by atoms with Crippen LogP contribution in [0.2, 0.25) is 0 Å². The van der Waals surface area contributed by atoms with Gasteiger partial charge >= 0.3 is 0 Å². The number of carbonyl (C=O) groups is 1. The molecule has 1 saturated carbocycles. The van der Waals surface area contributed by atoms with Gasteiger partial charge in [-0.3, -0.25) is 19.1 Å². The van der Waals surface area contributed by atoms with Gasteiger partial charge in [0.1, 0.15) is 18.1 Å². The summed E-state index contributed by atoms with van der Waals surface area (Å²) in [5.74, 6) is 0.824. The van der Waals surface area contributed by atoms with E-state index in [0.717, 1.165) is 30.7 Å². The quantitative estimate of drug-likeness (QED) is 0.634. The summed E-state index contributed by atoms with van der Waals surface area (Å²) in [6, 6.07) is 15.6. The first-order chi connectivity index (χ1) is 14.0. The summed E-state index contributed by atoms with van der Waals surface area (Å²) in [7, 11) is 1.65. The van der Waals surface area contributed by atoms with Crippen molar-refractivity contribution in [3.8, 4) is 5.75 Å². The average molecular weight is 392 g/mol. The van der Waals surface area contributed by atoms with Crippen molar-refractivity contribution in [2.24, 2.45) is 5.73 Å². The van der Waals surface area contributed by atoms with Gasteiger partial charge in [-0.25, -0.2) is 4.98 Å². The van der Waals surface area contributed by atoms with Crippen LogP contribution in [0.5, 0.6) is 5.75 Å². The maximum absolute atomic E-state index is 13.0. The van der Waals surface area contributed by atoms with Gasteiger partial charge in [-0.05, 0) is 42.7 Å². The molecule has 7 heteroatoms. The number of fused-ring (bicyclic) bond motifs is 1. The molecule has 4 rings (SSSR count). The molecule has 1 aliphatic carbocycles. The summed E-state index contributed by atoms with van der Waals surface area (Å²) in [6.07, 6.45) is 2.23. The SMILES string of the molecule is COc1ccc(CN(Cc2nc3ccccc3c(=O)n2CC(N)=O)C2CC2)cc1. The predicted molar refractivity (Wildman–Crippen MR) is 110 cm³/mol. The third kappa shape index (κ3) is 4.30. The standard InChI is InChI=1S/C22H24N4O3/c1-29-17-10-6-15(7-11-17)12-25(16-8-9-16)14-21-24-19-5-3-2-4-18(19)22(28)26(21)13-20(23)27/h2-7,10-11,16H,8-9,12-14H2,1H3,(H2,23,27). The van der Waals surface area contributed by atoms with Gasteiger partial charge < -0.3 is 10.5 Å². The Balaban J connectivity index is 1.67. The molecular formula is C22H24N4O3. The van der Waals surface area contributed by atoms with Crippen LogP contribution in [0.4, 0.5) is 0 Å². The maximum Gasteiger partial charge on any atom is 0.261 e. The molecule has 0 radical (unpaired) electrons. The molecular weight excluding hydrogens is 368 g/mol. The third-order valence-corrected chi connectivity index (χ3v) is 5.21. The second kappa shape index (κ2) is 8.05. The summed E-state index contributed by atoms with van der Waals surface area (Å²) in [5.41, 5.74) is 6.96. The van der Waals surface area contributed by atoms with E-state index < -0.39 is 5.91 Å². The van der Waals surface area contributed by atoms with Crippen molar-refractivity contribution >= 4 is 16.8 Å². The van der Waals surface area contributed by atoms with Crippen LogP contribution in [0.25, 0.3) is 10.9 Å². The highest BCUT2D eigenvalue weighted by Crippen LogP contribution is 2.30. The fourth-order valence-corrected chi connectivity index (χ4v) is 3.55. The number of aromatic nitrogens is 2. The number of para-hydroxylation sites is 1. The zero-order valence-corrected chi connectivity index (χ0v) is 16.4. The smallest absolute Gasteiger partial charge is 0.261 e. The average Bonchev–Trinajstić information content (AvgIpc) is 3.56. The topological polar surface area (TPSA) is 90.4 Å². The Bertz CT molecular complexity index is 1090. The van der Waals surface area contributed by atoms with E-state index in [-0.39, 0.29) is 12.1 Å². The number of amides is 1. The van der Waals surface area contributed by atoms with E-state index in [0.29, 0.717) is 29.3 Å². The Hall–Kier alpha value is -3.19. The first-order valence-electron chi connectivity index (χ1n) is 9.69. The van der Waals surface area contributed by atoms with E-state index >= 15 is 0 Å². The Kier molecular flexibility index (Phi) is 5.31. The van der Waals surface area contributed by atoms with E-state index in [1.165, 1.54) is 4.57 Å². The number of methoxy groups -OCH3 is 1. The summed E-state index contributed by atoms with van der Waals surface area (Å²) < 4.78 is 6.64. The van der Waals surface area contributed by atoms with Gasteiger partial charge in [0.25, 0.3) is 5.56 Å². The second-order valence-corrected chi connectivity index (χ2v) is 7.39. The molecule has 0 atom stereocenters. The van der Waals surface area contributed by atoms with Crippen LogP contribution in [-0.2, 0) is 24.4 Å². The van der Waals surface area contributed by atoms with E-state index in [2.05, 4.69) is 4.90 Å². The van der Waals surface area contributed by atoms with Crippen LogP contribution in [0.15, 0.2) is 53.3 Å². The number of benzene rings is 2. The van der Waals surface area contributed by atoms with Crippen molar-refractivity contribution in [3.05, 3.63) is 70.3 Å². The van der Waals surface area contributed by atoms with Crippen molar-refractivity contribution in [1.82, 2.24) is 14.5 Å². The van der Waals surface area contributed by atoms with Crippen molar-refractivity contribution in [2.75, 3.05) is 7.11 Å². The predicted octanol–water partition coefficient (Wildman–Crippen LogP) is 2.05. The lowest BCUT2D eigenvalue weighted by atomic mass is 10.2. The minimum atomic E-state index is -0.557. The van der Waals surface area contributed by atoms with Crippen molar-refractivity contribution in [3.63, 3.8) is 0 Å². The normalized spacial score (nSPS) is 13.7. The van der Waals surface area contributed by atoms with Crippen molar-refractivity contribution in [2.45, 2.75) is 38.5 Å². The molecule has 1 aromatic heterocycles.